The van der Waals surface area contributed by atoms with E-state index in [2.05, 4.69) is 45.5 Å². The zero-order chi connectivity index (χ0) is 15.6. The highest BCUT2D eigenvalue weighted by Gasteiger charge is 2.60. The second-order valence-corrected chi connectivity index (χ2v) is 6.65. The van der Waals surface area contributed by atoms with E-state index in [9.17, 15) is 4.79 Å². The SMILES string of the molecule is C[C@@H](NC(=O)[C@@]1(c2ccccc2)C[C@H]1CBr)c1ccccc1. The first kappa shape index (κ1) is 15.3. The van der Waals surface area contributed by atoms with Gasteiger partial charge in [-0.1, -0.05) is 76.6 Å². The van der Waals surface area contributed by atoms with Gasteiger partial charge in [0.05, 0.1) is 11.5 Å². The molecule has 3 heteroatoms. The molecule has 0 unspecified atom stereocenters. The zero-order valence-electron chi connectivity index (χ0n) is 12.6. The van der Waals surface area contributed by atoms with Crippen LogP contribution in [0.4, 0.5) is 0 Å². The summed E-state index contributed by atoms with van der Waals surface area (Å²) in [5.41, 5.74) is 1.89. The molecule has 0 saturated heterocycles. The van der Waals surface area contributed by atoms with Crippen molar-refractivity contribution in [3.63, 3.8) is 0 Å². The van der Waals surface area contributed by atoms with Crippen LogP contribution in [0.5, 0.6) is 0 Å². The maximum Gasteiger partial charge on any atom is 0.231 e. The van der Waals surface area contributed by atoms with Crippen LogP contribution in [-0.4, -0.2) is 11.2 Å². The third-order valence-corrected chi connectivity index (χ3v) is 5.41. The van der Waals surface area contributed by atoms with Gasteiger partial charge in [0.15, 0.2) is 0 Å². The van der Waals surface area contributed by atoms with E-state index < -0.39 is 0 Å². The van der Waals surface area contributed by atoms with Gasteiger partial charge in [-0.15, -0.1) is 0 Å². The first-order valence-corrected chi connectivity index (χ1v) is 8.78. The van der Waals surface area contributed by atoms with Crippen molar-refractivity contribution in [3.8, 4) is 0 Å². The Balaban J connectivity index is 1.81. The maximum absolute atomic E-state index is 12.9. The molecule has 114 valence electrons. The Bertz CT molecular complexity index is 643. The number of carbonyl (C=O) groups excluding carboxylic acids is 1. The molecule has 1 fully saturated rings. The van der Waals surface area contributed by atoms with E-state index in [-0.39, 0.29) is 17.4 Å². The molecule has 3 atom stereocenters. The van der Waals surface area contributed by atoms with Gasteiger partial charge >= 0.3 is 0 Å². The average Bonchev–Trinajstić information content (AvgIpc) is 3.32. The molecule has 0 aromatic heterocycles. The summed E-state index contributed by atoms with van der Waals surface area (Å²) in [6.07, 6.45) is 0.912. The lowest BCUT2D eigenvalue weighted by molar-refractivity contribution is -0.124. The Morgan fingerprint density at radius 1 is 1.18 bits per heavy atom. The minimum absolute atomic E-state index is 0.0193. The van der Waals surface area contributed by atoms with Gasteiger partial charge in [0.25, 0.3) is 0 Å². The number of alkyl halides is 1. The van der Waals surface area contributed by atoms with E-state index in [0.29, 0.717) is 5.92 Å². The molecule has 3 rings (SSSR count). The first-order valence-electron chi connectivity index (χ1n) is 7.66. The van der Waals surface area contributed by atoms with Gasteiger partial charge in [0.2, 0.25) is 5.91 Å². The molecule has 0 aliphatic heterocycles. The predicted molar refractivity (Wildman–Crippen MR) is 93.0 cm³/mol. The first-order chi connectivity index (χ1) is 10.7. The maximum atomic E-state index is 12.9. The molecule has 22 heavy (non-hydrogen) atoms. The molecule has 1 amide bonds. The number of benzene rings is 2. The third-order valence-electron chi connectivity index (χ3n) is 4.63. The van der Waals surface area contributed by atoms with Crippen LogP contribution in [0.2, 0.25) is 0 Å². The van der Waals surface area contributed by atoms with Crippen molar-refractivity contribution in [1.29, 1.82) is 0 Å². The quantitative estimate of drug-likeness (QED) is 0.797. The standard InChI is InChI=1S/C19H20BrNO/c1-14(15-8-4-2-5-9-15)21-18(22)19(12-17(19)13-20)16-10-6-3-7-11-16/h2-11,14,17H,12-13H2,1H3,(H,21,22)/t14-,17+,19-/m1/s1. The summed E-state index contributed by atoms with van der Waals surface area (Å²) >= 11 is 3.55. The Morgan fingerprint density at radius 3 is 2.32 bits per heavy atom. The highest BCUT2D eigenvalue weighted by Crippen LogP contribution is 2.55. The van der Waals surface area contributed by atoms with Gasteiger partial charge in [0, 0.05) is 5.33 Å². The number of rotatable bonds is 5. The van der Waals surface area contributed by atoms with Crippen LogP contribution < -0.4 is 5.32 Å². The zero-order valence-corrected chi connectivity index (χ0v) is 14.2. The minimum Gasteiger partial charge on any atom is -0.349 e. The van der Waals surface area contributed by atoms with Crippen molar-refractivity contribution < 1.29 is 4.79 Å². The van der Waals surface area contributed by atoms with Crippen molar-refractivity contribution >= 4 is 21.8 Å². The topological polar surface area (TPSA) is 29.1 Å². The molecule has 0 bridgehead atoms. The van der Waals surface area contributed by atoms with E-state index in [1.807, 2.05) is 43.3 Å². The molecule has 1 aliphatic rings. The Morgan fingerprint density at radius 2 is 1.77 bits per heavy atom. The number of carbonyl (C=O) groups is 1. The molecule has 0 radical (unpaired) electrons. The largest absolute Gasteiger partial charge is 0.349 e. The number of hydrogen-bond acceptors (Lipinski definition) is 1. The molecule has 0 heterocycles. The van der Waals surface area contributed by atoms with Gasteiger partial charge in [0.1, 0.15) is 0 Å². The van der Waals surface area contributed by atoms with E-state index in [0.717, 1.165) is 22.9 Å². The van der Waals surface area contributed by atoms with Crippen molar-refractivity contribution in [2.45, 2.75) is 24.8 Å². The molecule has 2 aromatic rings. The Kier molecular flexibility index (Phi) is 4.34. The van der Waals surface area contributed by atoms with Gasteiger partial charge in [-0.2, -0.15) is 0 Å². The van der Waals surface area contributed by atoms with Crippen LogP contribution in [-0.2, 0) is 10.2 Å². The molecule has 2 aromatic carbocycles. The van der Waals surface area contributed by atoms with Gasteiger partial charge < -0.3 is 5.32 Å². The molecular weight excluding hydrogens is 338 g/mol. The monoisotopic (exact) mass is 357 g/mol. The van der Waals surface area contributed by atoms with Gasteiger partial charge in [-0.3, -0.25) is 4.79 Å². The number of hydrogen-bond donors (Lipinski definition) is 1. The van der Waals surface area contributed by atoms with Crippen molar-refractivity contribution in [2.75, 3.05) is 5.33 Å². The fraction of sp³-hybridized carbons (Fsp3) is 0.316. The van der Waals surface area contributed by atoms with Crippen LogP contribution >= 0.6 is 15.9 Å². The smallest absolute Gasteiger partial charge is 0.231 e. The van der Waals surface area contributed by atoms with E-state index >= 15 is 0 Å². The Labute approximate surface area is 140 Å². The second kappa shape index (κ2) is 6.25. The van der Waals surface area contributed by atoms with Crippen LogP contribution in [0.1, 0.15) is 30.5 Å². The van der Waals surface area contributed by atoms with Crippen molar-refractivity contribution in [1.82, 2.24) is 5.32 Å². The van der Waals surface area contributed by atoms with E-state index in [1.165, 1.54) is 0 Å². The number of nitrogens with one attached hydrogen (secondary N) is 1. The summed E-state index contributed by atoms with van der Waals surface area (Å²) in [5.74, 6) is 0.511. The lowest BCUT2D eigenvalue weighted by atomic mass is 9.92. The molecule has 1 N–H and O–H groups in total. The van der Waals surface area contributed by atoms with Gasteiger partial charge in [-0.25, -0.2) is 0 Å². The van der Waals surface area contributed by atoms with Crippen LogP contribution in [0, 0.1) is 5.92 Å². The molecule has 0 spiro atoms. The average molecular weight is 358 g/mol. The normalized spacial score (nSPS) is 24.5. The molecule has 2 nitrogen and oxygen atoms in total. The lowest BCUT2D eigenvalue weighted by Crippen LogP contribution is -2.38. The van der Waals surface area contributed by atoms with Crippen molar-refractivity contribution in [3.05, 3.63) is 71.8 Å². The fourth-order valence-corrected chi connectivity index (χ4v) is 3.95. The van der Waals surface area contributed by atoms with Crippen LogP contribution in [0.3, 0.4) is 0 Å². The second-order valence-electron chi connectivity index (χ2n) is 6.00. The fourth-order valence-electron chi connectivity index (χ4n) is 3.16. The molecule has 1 saturated carbocycles. The summed E-state index contributed by atoms with van der Waals surface area (Å²) in [7, 11) is 0. The number of halogens is 1. The Hall–Kier alpha value is -1.61. The minimum atomic E-state index is -0.367. The predicted octanol–water partition coefficient (Wildman–Crippen LogP) is 4.22. The molecular formula is C19H20BrNO. The number of amides is 1. The summed E-state index contributed by atoms with van der Waals surface area (Å²) in [6.45, 7) is 2.04. The van der Waals surface area contributed by atoms with E-state index in [4.69, 9.17) is 0 Å². The van der Waals surface area contributed by atoms with E-state index in [1.54, 1.807) is 0 Å². The van der Waals surface area contributed by atoms with Crippen LogP contribution in [0.15, 0.2) is 60.7 Å². The highest BCUT2D eigenvalue weighted by molar-refractivity contribution is 9.09. The summed E-state index contributed by atoms with van der Waals surface area (Å²) < 4.78 is 0. The van der Waals surface area contributed by atoms with Crippen LogP contribution in [0.25, 0.3) is 0 Å². The highest BCUT2D eigenvalue weighted by atomic mass is 79.9. The lowest BCUT2D eigenvalue weighted by Gasteiger charge is -2.21. The van der Waals surface area contributed by atoms with Crippen molar-refractivity contribution in [2.24, 2.45) is 5.92 Å². The summed E-state index contributed by atoms with van der Waals surface area (Å²) in [5, 5.41) is 4.06. The molecule has 1 aliphatic carbocycles. The third kappa shape index (κ3) is 2.70. The summed E-state index contributed by atoms with van der Waals surface area (Å²) in [4.78, 5) is 12.9. The summed E-state index contributed by atoms with van der Waals surface area (Å²) in [6, 6.07) is 20.3. The van der Waals surface area contributed by atoms with Gasteiger partial charge in [-0.05, 0) is 30.4 Å².